The minimum Gasteiger partial charge on any atom is -0.372 e. The Morgan fingerprint density at radius 1 is 0.952 bits per heavy atom. The fourth-order valence-electron chi connectivity index (χ4n) is 2.29. The van der Waals surface area contributed by atoms with Gasteiger partial charge in [0.25, 0.3) is 0 Å². The Hall–Kier alpha value is -1.35. The molecule has 0 heterocycles. The molecule has 1 aliphatic rings. The van der Waals surface area contributed by atoms with Crippen molar-refractivity contribution < 1.29 is 4.74 Å². The average Bonchev–Trinajstić information content (AvgIpc) is 3.30. The highest BCUT2D eigenvalue weighted by molar-refractivity contribution is 6.30. The summed E-state index contributed by atoms with van der Waals surface area (Å²) in [7, 11) is 0. The van der Waals surface area contributed by atoms with Crippen LogP contribution in [0.2, 0.25) is 5.02 Å². The molecule has 0 atom stereocenters. The molecule has 21 heavy (non-hydrogen) atoms. The summed E-state index contributed by atoms with van der Waals surface area (Å²) in [5.74, 6) is 0. The number of halogens is 1. The number of nitrogens with one attached hydrogen (secondary N) is 1. The van der Waals surface area contributed by atoms with E-state index in [4.69, 9.17) is 16.3 Å². The van der Waals surface area contributed by atoms with Crippen LogP contribution < -0.4 is 5.32 Å². The molecule has 3 heteroatoms. The Balaban J connectivity index is 1.49. The minimum atomic E-state index is 0.588. The Morgan fingerprint density at radius 3 is 2.33 bits per heavy atom. The van der Waals surface area contributed by atoms with E-state index in [9.17, 15) is 0 Å². The summed E-state index contributed by atoms with van der Waals surface area (Å²) in [5, 5.41) is 4.29. The molecular formula is C18H20ClNO. The highest BCUT2D eigenvalue weighted by Gasteiger charge is 2.19. The molecule has 0 aromatic heterocycles. The van der Waals surface area contributed by atoms with Crippen LogP contribution in [0.3, 0.4) is 0 Å². The predicted molar refractivity (Wildman–Crippen MR) is 86.2 cm³/mol. The third kappa shape index (κ3) is 4.85. The van der Waals surface area contributed by atoms with E-state index in [-0.39, 0.29) is 0 Å². The van der Waals surface area contributed by atoms with Gasteiger partial charge >= 0.3 is 0 Å². The topological polar surface area (TPSA) is 21.3 Å². The lowest BCUT2D eigenvalue weighted by Gasteiger charge is -2.08. The second-order valence-corrected chi connectivity index (χ2v) is 6.03. The highest BCUT2D eigenvalue weighted by atomic mass is 35.5. The van der Waals surface area contributed by atoms with Gasteiger partial charge in [-0.2, -0.15) is 0 Å². The average molecular weight is 302 g/mol. The van der Waals surface area contributed by atoms with Gasteiger partial charge in [-0.05, 0) is 41.7 Å². The van der Waals surface area contributed by atoms with E-state index in [1.54, 1.807) is 0 Å². The van der Waals surface area contributed by atoms with Gasteiger partial charge in [0.1, 0.15) is 0 Å². The maximum Gasteiger partial charge on any atom is 0.0721 e. The van der Waals surface area contributed by atoms with E-state index in [1.807, 2.05) is 24.3 Å². The van der Waals surface area contributed by atoms with Crippen LogP contribution in [-0.4, -0.2) is 6.04 Å². The Labute approximate surface area is 131 Å². The van der Waals surface area contributed by atoms with Gasteiger partial charge < -0.3 is 10.1 Å². The first kappa shape index (κ1) is 14.6. The lowest BCUT2D eigenvalue weighted by molar-refractivity contribution is 0.107. The molecule has 0 unspecified atom stereocenters. The van der Waals surface area contributed by atoms with Gasteiger partial charge in [0.15, 0.2) is 0 Å². The lowest BCUT2D eigenvalue weighted by atomic mass is 10.1. The molecule has 1 saturated carbocycles. The van der Waals surface area contributed by atoms with E-state index < -0.39 is 0 Å². The van der Waals surface area contributed by atoms with Crippen molar-refractivity contribution in [2.45, 2.75) is 38.6 Å². The molecule has 0 aliphatic heterocycles. The zero-order chi connectivity index (χ0) is 14.5. The molecule has 0 saturated heterocycles. The van der Waals surface area contributed by atoms with Crippen molar-refractivity contribution in [1.82, 2.24) is 5.32 Å². The van der Waals surface area contributed by atoms with Crippen LogP contribution in [0.1, 0.15) is 29.5 Å². The van der Waals surface area contributed by atoms with Crippen molar-refractivity contribution in [1.29, 1.82) is 0 Å². The second kappa shape index (κ2) is 7.08. The largest absolute Gasteiger partial charge is 0.372 e. The van der Waals surface area contributed by atoms with Crippen LogP contribution in [-0.2, 0) is 24.5 Å². The zero-order valence-corrected chi connectivity index (χ0v) is 12.8. The second-order valence-electron chi connectivity index (χ2n) is 5.60. The lowest BCUT2D eigenvalue weighted by Crippen LogP contribution is -2.15. The van der Waals surface area contributed by atoms with E-state index >= 15 is 0 Å². The number of rotatable bonds is 7. The van der Waals surface area contributed by atoms with E-state index in [2.05, 4.69) is 29.6 Å². The third-order valence-corrected chi connectivity index (χ3v) is 3.83. The summed E-state index contributed by atoms with van der Waals surface area (Å²) in [5.41, 5.74) is 3.65. The van der Waals surface area contributed by atoms with Crippen molar-refractivity contribution in [3.8, 4) is 0 Å². The summed E-state index contributed by atoms with van der Waals surface area (Å²) in [6.45, 7) is 2.17. The smallest absolute Gasteiger partial charge is 0.0721 e. The molecule has 3 rings (SSSR count). The van der Waals surface area contributed by atoms with Crippen molar-refractivity contribution in [2.24, 2.45) is 0 Å². The van der Waals surface area contributed by atoms with Crippen LogP contribution in [0.25, 0.3) is 0 Å². The molecule has 0 radical (unpaired) electrons. The number of benzene rings is 2. The highest BCUT2D eigenvalue weighted by Crippen LogP contribution is 2.19. The summed E-state index contributed by atoms with van der Waals surface area (Å²) in [6.07, 6.45) is 2.64. The van der Waals surface area contributed by atoms with Crippen molar-refractivity contribution in [3.63, 3.8) is 0 Å². The van der Waals surface area contributed by atoms with Gasteiger partial charge in [-0.3, -0.25) is 0 Å². The zero-order valence-electron chi connectivity index (χ0n) is 12.0. The third-order valence-electron chi connectivity index (χ3n) is 3.59. The molecule has 1 fully saturated rings. The fraction of sp³-hybridized carbons (Fsp3) is 0.333. The maximum absolute atomic E-state index is 5.96. The fourth-order valence-corrected chi connectivity index (χ4v) is 2.51. The first-order valence-electron chi connectivity index (χ1n) is 7.43. The summed E-state index contributed by atoms with van der Waals surface area (Å²) < 4.78 is 5.77. The Bertz CT molecular complexity index is 595. The van der Waals surface area contributed by atoms with Gasteiger partial charge in [0, 0.05) is 17.6 Å². The molecule has 0 amide bonds. The first-order valence-corrected chi connectivity index (χ1v) is 7.81. The normalized spacial score (nSPS) is 14.3. The molecule has 2 aromatic carbocycles. The SMILES string of the molecule is Clc1cccc(COCc2cccc(CNC3CC3)c2)c1. The van der Waals surface area contributed by atoms with Crippen LogP contribution in [0, 0.1) is 0 Å². The minimum absolute atomic E-state index is 0.588. The van der Waals surface area contributed by atoms with Crippen LogP contribution in [0.15, 0.2) is 48.5 Å². The molecular weight excluding hydrogens is 282 g/mol. The number of ether oxygens (including phenoxy) is 1. The van der Waals surface area contributed by atoms with Gasteiger partial charge in [-0.1, -0.05) is 48.0 Å². The molecule has 110 valence electrons. The first-order chi connectivity index (χ1) is 10.3. The number of hydrogen-bond donors (Lipinski definition) is 1. The van der Waals surface area contributed by atoms with Crippen LogP contribution >= 0.6 is 11.6 Å². The Kier molecular flexibility index (Phi) is 4.91. The van der Waals surface area contributed by atoms with Gasteiger partial charge in [-0.25, -0.2) is 0 Å². The molecule has 0 spiro atoms. The predicted octanol–water partition coefficient (Wildman–Crippen LogP) is 4.31. The molecule has 0 bridgehead atoms. The van der Waals surface area contributed by atoms with Gasteiger partial charge in [-0.15, -0.1) is 0 Å². The molecule has 1 N–H and O–H groups in total. The number of hydrogen-bond acceptors (Lipinski definition) is 2. The maximum atomic E-state index is 5.96. The monoisotopic (exact) mass is 301 g/mol. The van der Waals surface area contributed by atoms with Gasteiger partial charge in [0.05, 0.1) is 13.2 Å². The van der Waals surface area contributed by atoms with Crippen molar-refractivity contribution >= 4 is 11.6 Å². The summed E-state index contributed by atoms with van der Waals surface area (Å²) in [4.78, 5) is 0. The molecule has 2 nitrogen and oxygen atoms in total. The standard InChI is InChI=1S/C18H20ClNO/c19-17-6-2-5-16(10-17)13-21-12-15-4-1-3-14(9-15)11-20-18-7-8-18/h1-6,9-10,18,20H,7-8,11-13H2. The van der Waals surface area contributed by atoms with E-state index in [1.165, 1.54) is 24.0 Å². The van der Waals surface area contributed by atoms with Gasteiger partial charge in [0.2, 0.25) is 0 Å². The van der Waals surface area contributed by atoms with E-state index in [0.29, 0.717) is 13.2 Å². The quantitative estimate of drug-likeness (QED) is 0.823. The Morgan fingerprint density at radius 2 is 1.62 bits per heavy atom. The van der Waals surface area contributed by atoms with Crippen LogP contribution in [0.5, 0.6) is 0 Å². The van der Waals surface area contributed by atoms with E-state index in [0.717, 1.165) is 23.2 Å². The molecule has 1 aliphatic carbocycles. The molecule has 2 aromatic rings. The van der Waals surface area contributed by atoms with Crippen molar-refractivity contribution in [3.05, 3.63) is 70.2 Å². The summed E-state index contributed by atoms with van der Waals surface area (Å²) in [6, 6.07) is 17.1. The van der Waals surface area contributed by atoms with Crippen LogP contribution in [0.4, 0.5) is 0 Å². The van der Waals surface area contributed by atoms with Crippen molar-refractivity contribution in [2.75, 3.05) is 0 Å². The summed E-state index contributed by atoms with van der Waals surface area (Å²) >= 11 is 5.96.